The maximum absolute atomic E-state index is 5.17. The molecule has 0 aliphatic rings. The third kappa shape index (κ3) is 5.32. The first-order valence-electron chi connectivity index (χ1n) is 7.17. The van der Waals surface area contributed by atoms with Crippen LogP contribution in [0.4, 0.5) is 0 Å². The Balaban J connectivity index is 0.000000545. The van der Waals surface area contributed by atoms with E-state index < -0.39 is 19.8 Å². The van der Waals surface area contributed by atoms with Crippen LogP contribution in [0.2, 0.25) is 4.94 Å². The zero-order valence-corrected chi connectivity index (χ0v) is 19.0. The summed E-state index contributed by atoms with van der Waals surface area (Å²) < 4.78 is 4.59. The molecule has 3 aromatic carbocycles. The summed E-state index contributed by atoms with van der Waals surface area (Å²) in [6, 6.07) is 32.9. The van der Waals surface area contributed by atoms with Crippen molar-refractivity contribution in [3.8, 4) is 0 Å². The standard InChI is InChI=1S/3C6H5.CH3.ClH.2Sn/c3*1-2-4-6-5-3-1;;;;/h3*1-5H;1H3;1H;;/q;;;;;;+1/p-1. The summed E-state index contributed by atoms with van der Waals surface area (Å²) in [5.74, 6) is 0. The molecule has 0 unspecified atom stereocenters. The Morgan fingerprint density at radius 2 is 0.818 bits per heavy atom. The molecule has 0 aliphatic carbocycles. The van der Waals surface area contributed by atoms with Crippen molar-refractivity contribution in [2.45, 2.75) is 4.94 Å². The molecule has 22 heavy (non-hydrogen) atoms. The Hall–Kier alpha value is -0.453. The van der Waals surface area contributed by atoms with Crippen molar-refractivity contribution in [3.05, 3.63) is 91.0 Å². The van der Waals surface area contributed by atoms with Crippen molar-refractivity contribution in [3.63, 3.8) is 0 Å². The van der Waals surface area contributed by atoms with Crippen LogP contribution in [0, 0.1) is 0 Å². The van der Waals surface area contributed by atoms with Gasteiger partial charge in [-0.25, -0.2) is 0 Å². The van der Waals surface area contributed by atoms with Crippen LogP contribution in [-0.2, 0) is 0 Å². The maximum atomic E-state index is 5.17. The zero-order chi connectivity index (χ0) is 15.6. The second-order valence-electron chi connectivity index (χ2n) is 4.66. The van der Waals surface area contributed by atoms with Gasteiger partial charge in [0.25, 0.3) is 0 Å². The molecule has 0 N–H and O–H groups in total. The molecule has 0 aromatic heterocycles. The predicted molar refractivity (Wildman–Crippen MR) is 101 cm³/mol. The summed E-state index contributed by atoms with van der Waals surface area (Å²) in [5, 5.41) is 0. The first-order chi connectivity index (χ1) is 10.9. The Morgan fingerprint density at radius 1 is 0.591 bits per heavy atom. The third-order valence-corrected chi connectivity index (χ3v) is 11.0. The Labute approximate surface area is 154 Å². The molecule has 3 aromatic rings. The Morgan fingerprint density at radius 3 is 1.05 bits per heavy atom. The Kier molecular flexibility index (Phi) is 8.42. The fourth-order valence-corrected chi connectivity index (χ4v) is 9.67. The van der Waals surface area contributed by atoms with Gasteiger partial charge in [0.1, 0.15) is 0 Å². The molecule has 0 saturated carbocycles. The molecule has 0 saturated heterocycles. The van der Waals surface area contributed by atoms with E-state index in [1.807, 2.05) is 0 Å². The van der Waals surface area contributed by atoms with E-state index in [0.717, 1.165) is 0 Å². The summed E-state index contributed by atoms with van der Waals surface area (Å²) in [5.41, 5.74) is 0. The molecule has 0 spiro atoms. The summed E-state index contributed by atoms with van der Waals surface area (Å²) >= 11 is -2.28. The third-order valence-electron chi connectivity index (χ3n) is 3.19. The number of hydrogen-bond acceptors (Lipinski definition) is 0. The van der Waals surface area contributed by atoms with Crippen molar-refractivity contribution in [2.75, 3.05) is 0 Å². The molecule has 3 heteroatoms. The van der Waals surface area contributed by atoms with Crippen LogP contribution in [0.5, 0.6) is 0 Å². The summed E-state index contributed by atoms with van der Waals surface area (Å²) in [7, 11) is 5.17. The van der Waals surface area contributed by atoms with Gasteiger partial charge in [0.15, 0.2) is 0 Å². The molecular formula is C19H18ClSn2. The van der Waals surface area contributed by atoms with Gasteiger partial charge < -0.3 is 0 Å². The molecule has 0 amide bonds. The second-order valence-corrected chi connectivity index (χ2v) is 15.4. The van der Waals surface area contributed by atoms with Crippen molar-refractivity contribution >= 4 is 59.4 Å². The first-order valence-corrected chi connectivity index (χ1v) is 17.9. The summed E-state index contributed by atoms with van der Waals surface area (Å²) in [4.78, 5) is 2.06. The van der Waals surface area contributed by atoms with Crippen LogP contribution >= 0.6 is 8.92 Å². The quantitative estimate of drug-likeness (QED) is 0.467. The van der Waals surface area contributed by atoms with E-state index in [-0.39, 0.29) is 20.0 Å². The molecule has 109 valence electrons. The van der Waals surface area contributed by atoms with E-state index in [1.165, 1.54) is 10.7 Å². The fraction of sp³-hybridized carbons (Fsp3) is 0.0526. The van der Waals surface area contributed by atoms with Crippen LogP contribution in [0.1, 0.15) is 0 Å². The molecule has 0 atom stereocenters. The summed E-state index contributed by atoms with van der Waals surface area (Å²) in [6.45, 7) is 0. The van der Waals surface area contributed by atoms with E-state index in [0.29, 0.717) is 0 Å². The van der Waals surface area contributed by atoms with Gasteiger partial charge in [-0.2, -0.15) is 0 Å². The predicted octanol–water partition coefficient (Wildman–Crippen LogP) is 3.10. The van der Waals surface area contributed by atoms with E-state index in [4.69, 9.17) is 8.92 Å². The van der Waals surface area contributed by atoms with Crippen molar-refractivity contribution in [1.82, 2.24) is 0 Å². The molecule has 0 heterocycles. The molecule has 3 radical (unpaired) electrons. The van der Waals surface area contributed by atoms with E-state index in [1.54, 1.807) is 0 Å². The number of benzene rings is 3. The van der Waals surface area contributed by atoms with Crippen LogP contribution < -0.4 is 10.7 Å². The van der Waals surface area contributed by atoms with Crippen LogP contribution in [0.25, 0.3) is 0 Å². The van der Waals surface area contributed by atoms with Crippen molar-refractivity contribution < 1.29 is 0 Å². The van der Waals surface area contributed by atoms with Crippen molar-refractivity contribution in [1.29, 1.82) is 0 Å². The molecular weight excluding hydrogens is 501 g/mol. The van der Waals surface area contributed by atoms with Gasteiger partial charge in [0, 0.05) is 0 Å². The average molecular weight is 519 g/mol. The van der Waals surface area contributed by atoms with Gasteiger partial charge in [0.2, 0.25) is 0 Å². The van der Waals surface area contributed by atoms with E-state index in [2.05, 4.69) is 95.9 Å². The van der Waals surface area contributed by atoms with Crippen LogP contribution in [0.3, 0.4) is 0 Å². The fourth-order valence-electron chi connectivity index (χ4n) is 2.31. The topological polar surface area (TPSA) is 0 Å². The Bertz CT molecular complexity index is 548. The monoisotopic (exact) mass is 521 g/mol. The second kappa shape index (κ2) is 10.3. The van der Waals surface area contributed by atoms with E-state index in [9.17, 15) is 0 Å². The van der Waals surface area contributed by atoms with Crippen LogP contribution in [-0.4, -0.2) is 39.8 Å². The molecule has 3 rings (SSSR count). The summed E-state index contributed by atoms with van der Waals surface area (Å²) in [6.07, 6.45) is 0. The zero-order valence-electron chi connectivity index (χ0n) is 12.5. The van der Waals surface area contributed by atoms with Gasteiger partial charge in [-0.1, -0.05) is 0 Å². The van der Waals surface area contributed by atoms with E-state index >= 15 is 0 Å². The molecule has 0 aliphatic heterocycles. The average Bonchev–Trinajstić information content (AvgIpc) is 2.59. The minimum absolute atomic E-state index is 0.298. The number of halogens is 1. The first kappa shape index (κ1) is 17.9. The van der Waals surface area contributed by atoms with Crippen LogP contribution in [0.15, 0.2) is 91.0 Å². The number of hydrogen-bond donors (Lipinski definition) is 0. The van der Waals surface area contributed by atoms with Gasteiger partial charge in [-0.05, 0) is 0 Å². The normalized spacial score (nSPS) is 9.95. The van der Waals surface area contributed by atoms with Gasteiger partial charge >= 0.3 is 155 Å². The molecule has 0 bridgehead atoms. The van der Waals surface area contributed by atoms with Gasteiger partial charge in [-0.15, -0.1) is 0 Å². The van der Waals surface area contributed by atoms with Gasteiger partial charge in [-0.3, -0.25) is 0 Å². The minimum atomic E-state index is -1.98. The number of rotatable bonds is 3. The van der Waals surface area contributed by atoms with Gasteiger partial charge in [0.05, 0.1) is 0 Å². The SMILES string of the molecule is [CH3][Sn][Cl].c1cc[c]([Sn]([c]2ccccc2)[c]2ccccc2)cc1. The molecule has 0 fully saturated rings. The molecule has 0 nitrogen and oxygen atoms in total. The van der Waals surface area contributed by atoms with Crippen molar-refractivity contribution in [2.24, 2.45) is 0 Å².